The van der Waals surface area contributed by atoms with Gasteiger partial charge < -0.3 is 24.4 Å². The van der Waals surface area contributed by atoms with Gasteiger partial charge in [-0.3, -0.25) is 4.79 Å². The van der Waals surface area contributed by atoms with Crippen LogP contribution in [-0.4, -0.2) is 52.0 Å². The number of hydrogen-bond acceptors (Lipinski definition) is 5. The third-order valence-electron chi connectivity index (χ3n) is 5.65. The van der Waals surface area contributed by atoms with Crippen LogP contribution in [0.2, 0.25) is 0 Å². The van der Waals surface area contributed by atoms with Gasteiger partial charge in [0.2, 0.25) is 0 Å². The maximum absolute atomic E-state index is 13.7. The molecule has 0 spiro atoms. The smallest absolute Gasteiger partial charge is 0.256 e. The Bertz CT molecular complexity index is 1150. The highest BCUT2D eigenvalue weighted by atomic mass is 16.7. The number of nitrogens with zero attached hydrogens (tertiary/aromatic N) is 1. The maximum atomic E-state index is 13.7. The molecule has 6 nitrogen and oxygen atoms in total. The summed E-state index contributed by atoms with van der Waals surface area (Å²) in [5.74, 6) is 1.28. The molecule has 190 valence electrons. The van der Waals surface area contributed by atoms with Crippen LogP contribution in [0.1, 0.15) is 30.0 Å². The summed E-state index contributed by atoms with van der Waals surface area (Å²) in [7, 11) is 5.60. The highest BCUT2D eigenvalue weighted by molar-refractivity contribution is 6.31. The van der Waals surface area contributed by atoms with Crippen LogP contribution in [0.5, 0.6) is 11.5 Å². The summed E-state index contributed by atoms with van der Waals surface area (Å²) < 4.78 is 16.3. The first kappa shape index (κ1) is 27.0. The Labute approximate surface area is 214 Å². The topological polar surface area (TPSA) is 60.0 Å². The number of allylic oxidation sites excluding steroid dienone is 1. The van der Waals surface area contributed by atoms with E-state index in [0.717, 1.165) is 34.6 Å². The molecule has 0 aliphatic heterocycles. The molecule has 0 aliphatic carbocycles. The fourth-order valence-electron chi connectivity index (χ4n) is 3.82. The fraction of sp³-hybridized carbons (Fsp3) is 0.300. The Kier molecular flexibility index (Phi) is 10.1. The lowest BCUT2D eigenvalue weighted by atomic mass is 9.91. The summed E-state index contributed by atoms with van der Waals surface area (Å²) in [6, 6.07) is 23.2. The summed E-state index contributed by atoms with van der Waals surface area (Å²) in [5.41, 5.74) is 5.31. The van der Waals surface area contributed by atoms with E-state index in [4.69, 9.17) is 14.2 Å². The van der Waals surface area contributed by atoms with Crippen LogP contribution in [0.25, 0.3) is 11.1 Å². The van der Waals surface area contributed by atoms with Crippen molar-refractivity contribution in [3.63, 3.8) is 0 Å². The highest BCUT2D eigenvalue weighted by Gasteiger charge is 2.19. The van der Waals surface area contributed by atoms with Gasteiger partial charge in [-0.1, -0.05) is 48.9 Å². The van der Waals surface area contributed by atoms with E-state index in [9.17, 15) is 4.79 Å². The molecule has 0 atom stereocenters. The summed E-state index contributed by atoms with van der Waals surface area (Å²) in [5, 5.41) is 3.08. The second-order valence-corrected chi connectivity index (χ2v) is 8.78. The minimum atomic E-state index is -0.166. The van der Waals surface area contributed by atoms with E-state index >= 15 is 0 Å². The van der Waals surface area contributed by atoms with Crippen LogP contribution < -0.4 is 14.8 Å². The van der Waals surface area contributed by atoms with Crippen LogP contribution in [-0.2, 0) is 9.53 Å². The van der Waals surface area contributed by atoms with E-state index in [2.05, 4.69) is 42.3 Å². The number of carbonyl (C=O) groups excluding carboxylic acids is 1. The van der Waals surface area contributed by atoms with Crippen LogP contribution >= 0.6 is 0 Å². The molecule has 3 aromatic carbocycles. The molecule has 0 unspecified atom stereocenters. The maximum Gasteiger partial charge on any atom is 0.256 e. The molecule has 0 saturated carbocycles. The summed E-state index contributed by atoms with van der Waals surface area (Å²) in [4.78, 5) is 15.8. The quantitative estimate of drug-likeness (QED) is 0.196. The molecule has 3 rings (SSSR count). The van der Waals surface area contributed by atoms with Crippen molar-refractivity contribution in [1.82, 2.24) is 4.90 Å². The van der Waals surface area contributed by atoms with Crippen molar-refractivity contribution in [1.29, 1.82) is 0 Å². The summed E-state index contributed by atoms with van der Waals surface area (Å²) >= 11 is 0. The molecule has 0 aliphatic rings. The van der Waals surface area contributed by atoms with Gasteiger partial charge in [0.05, 0.1) is 5.57 Å². The number of rotatable bonds is 12. The zero-order valence-electron chi connectivity index (χ0n) is 21.8. The number of anilines is 1. The van der Waals surface area contributed by atoms with E-state index in [1.165, 1.54) is 0 Å². The fourth-order valence-corrected chi connectivity index (χ4v) is 3.82. The van der Waals surface area contributed by atoms with Gasteiger partial charge in [-0.2, -0.15) is 0 Å². The number of likely N-dealkylation sites (N-methyl/N-ethyl adjacent to an activating group) is 1. The highest BCUT2D eigenvalue weighted by Crippen LogP contribution is 2.32. The Hall–Kier alpha value is -3.61. The lowest BCUT2D eigenvalue weighted by molar-refractivity contribution is -0.111. The number of benzene rings is 3. The monoisotopic (exact) mass is 488 g/mol. The second kappa shape index (κ2) is 13.5. The van der Waals surface area contributed by atoms with Crippen LogP contribution in [0.4, 0.5) is 5.69 Å². The minimum Gasteiger partial charge on any atom is -0.492 e. The van der Waals surface area contributed by atoms with Gasteiger partial charge in [-0.05, 0) is 80.5 Å². The van der Waals surface area contributed by atoms with E-state index in [1.54, 1.807) is 7.11 Å². The average Bonchev–Trinajstić information content (AvgIpc) is 2.87. The molecular weight excluding hydrogens is 452 g/mol. The number of hydrogen-bond donors (Lipinski definition) is 1. The minimum absolute atomic E-state index is 0.166. The Morgan fingerprint density at radius 2 is 1.56 bits per heavy atom. The zero-order chi connectivity index (χ0) is 25.9. The lowest BCUT2D eigenvalue weighted by Gasteiger charge is -2.17. The standard InChI is InChI=1S/C30H36N2O4/c1-6-28(24-9-7-8-22(2)20-24)29(23-10-14-27(15-11-23)36-21-34-5)30(33)31-25-12-16-26(17-13-25)35-19-18-32(3)4/h7-17,20H,6,18-19,21H2,1-5H3,(H,31,33). The van der Waals surface area contributed by atoms with E-state index in [-0.39, 0.29) is 12.7 Å². The average molecular weight is 489 g/mol. The molecule has 3 aromatic rings. The number of carbonyl (C=O) groups is 1. The normalized spacial score (nSPS) is 11.7. The number of methoxy groups -OCH3 is 1. The van der Waals surface area contributed by atoms with Gasteiger partial charge in [0.1, 0.15) is 18.1 Å². The molecule has 6 heteroatoms. The van der Waals surface area contributed by atoms with Gasteiger partial charge in [0.25, 0.3) is 5.91 Å². The molecule has 36 heavy (non-hydrogen) atoms. The van der Waals surface area contributed by atoms with Gasteiger partial charge in [-0.25, -0.2) is 0 Å². The Morgan fingerprint density at radius 3 is 2.17 bits per heavy atom. The molecule has 0 aromatic heterocycles. The van der Waals surface area contributed by atoms with Crippen molar-refractivity contribution in [2.75, 3.05) is 46.5 Å². The van der Waals surface area contributed by atoms with Crippen molar-refractivity contribution in [2.45, 2.75) is 20.3 Å². The van der Waals surface area contributed by atoms with Crippen LogP contribution in [0.15, 0.2) is 72.8 Å². The molecule has 0 bridgehead atoms. The second-order valence-electron chi connectivity index (χ2n) is 8.78. The SMILES string of the molecule is CCC(=C(C(=O)Nc1ccc(OCCN(C)C)cc1)c1ccc(OCOC)cc1)c1cccc(C)c1. The van der Waals surface area contributed by atoms with E-state index < -0.39 is 0 Å². The van der Waals surface area contributed by atoms with Gasteiger partial charge in [0.15, 0.2) is 6.79 Å². The lowest BCUT2D eigenvalue weighted by Crippen LogP contribution is -2.19. The zero-order valence-corrected chi connectivity index (χ0v) is 21.8. The Balaban J connectivity index is 1.91. The van der Waals surface area contributed by atoms with Crippen LogP contribution in [0.3, 0.4) is 0 Å². The molecule has 1 amide bonds. The summed E-state index contributed by atoms with van der Waals surface area (Å²) in [6.07, 6.45) is 0.701. The van der Waals surface area contributed by atoms with Crippen molar-refractivity contribution >= 4 is 22.7 Å². The van der Waals surface area contributed by atoms with Crippen molar-refractivity contribution in [3.8, 4) is 11.5 Å². The number of amides is 1. The third kappa shape index (κ3) is 7.70. The predicted molar refractivity (Wildman–Crippen MR) is 146 cm³/mol. The van der Waals surface area contributed by atoms with Gasteiger partial charge in [-0.15, -0.1) is 0 Å². The van der Waals surface area contributed by atoms with Crippen molar-refractivity contribution in [3.05, 3.63) is 89.5 Å². The molecule has 0 radical (unpaired) electrons. The molecule has 0 fully saturated rings. The predicted octanol–water partition coefficient (Wildman–Crippen LogP) is 5.88. The van der Waals surface area contributed by atoms with Crippen molar-refractivity contribution in [2.24, 2.45) is 0 Å². The van der Waals surface area contributed by atoms with E-state index in [1.807, 2.05) is 68.7 Å². The molecular formula is C30H36N2O4. The first-order valence-corrected chi connectivity index (χ1v) is 12.1. The van der Waals surface area contributed by atoms with Gasteiger partial charge in [0, 0.05) is 19.3 Å². The first-order chi connectivity index (χ1) is 17.4. The van der Waals surface area contributed by atoms with Crippen molar-refractivity contribution < 1.29 is 19.0 Å². The van der Waals surface area contributed by atoms with Gasteiger partial charge >= 0.3 is 0 Å². The Morgan fingerprint density at radius 1 is 0.889 bits per heavy atom. The molecule has 0 saturated heterocycles. The van der Waals surface area contributed by atoms with Crippen LogP contribution in [0, 0.1) is 6.92 Å². The number of ether oxygens (including phenoxy) is 3. The summed E-state index contributed by atoms with van der Waals surface area (Å²) in [6.45, 7) is 5.73. The molecule has 1 N–H and O–H groups in total. The first-order valence-electron chi connectivity index (χ1n) is 12.1. The largest absolute Gasteiger partial charge is 0.492 e. The number of aryl methyl sites for hydroxylation is 1. The van der Waals surface area contributed by atoms with E-state index in [0.29, 0.717) is 30.0 Å². The third-order valence-corrected chi connectivity index (χ3v) is 5.65. The number of nitrogens with one attached hydrogen (secondary N) is 1. The molecule has 0 heterocycles.